The van der Waals surface area contributed by atoms with Gasteiger partial charge in [-0.05, 0) is 24.3 Å². The van der Waals surface area contributed by atoms with Crippen molar-refractivity contribution in [1.29, 1.82) is 0 Å². The van der Waals surface area contributed by atoms with Gasteiger partial charge in [0.2, 0.25) is 0 Å². The average Bonchev–Trinajstić information content (AvgIpc) is 2.54. The minimum absolute atomic E-state index is 0.00130. The van der Waals surface area contributed by atoms with Crippen molar-refractivity contribution in [2.24, 2.45) is 0 Å². The summed E-state index contributed by atoms with van der Waals surface area (Å²) >= 11 is 5.93. The van der Waals surface area contributed by atoms with Crippen molar-refractivity contribution in [3.63, 3.8) is 0 Å². The highest BCUT2D eigenvalue weighted by molar-refractivity contribution is 7.90. The van der Waals surface area contributed by atoms with Gasteiger partial charge in [0.25, 0.3) is 0 Å². The fraction of sp³-hybridized carbons (Fsp3) is 0.188. The number of hydrogen-bond donors (Lipinski definition) is 3. The first-order valence-corrected chi connectivity index (χ1v) is 9.42. The van der Waals surface area contributed by atoms with E-state index in [1.54, 1.807) is 6.07 Å². The molecule has 0 bridgehead atoms. The van der Waals surface area contributed by atoms with E-state index >= 15 is 0 Å². The van der Waals surface area contributed by atoms with E-state index in [2.05, 4.69) is 10.6 Å². The predicted molar refractivity (Wildman–Crippen MR) is 92.9 cm³/mol. The number of sulfone groups is 1. The van der Waals surface area contributed by atoms with E-state index in [-0.39, 0.29) is 27.7 Å². The molecule has 134 valence electrons. The Morgan fingerprint density at radius 2 is 1.96 bits per heavy atom. The molecule has 6 nitrogen and oxygen atoms in total. The van der Waals surface area contributed by atoms with Gasteiger partial charge in [-0.3, -0.25) is 0 Å². The lowest BCUT2D eigenvalue weighted by atomic mass is 10.1. The van der Waals surface area contributed by atoms with Crippen LogP contribution in [0, 0.1) is 5.82 Å². The largest absolute Gasteiger partial charge is 0.386 e. The number of aliphatic hydroxyl groups excluding tert-OH is 1. The third kappa shape index (κ3) is 5.15. The molecule has 25 heavy (non-hydrogen) atoms. The van der Waals surface area contributed by atoms with Crippen LogP contribution in [0.15, 0.2) is 47.4 Å². The molecule has 1 unspecified atom stereocenters. The fourth-order valence-corrected chi connectivity index (χ4v) is 2.85. The van der Waals surface area contributed by atoms with Crippen LogP contribution in [0.4, 0.5) is 14.9 Å². The summed E-state index contributed by atoms with van der Waals surface area (Å²) < 4.78 is 36.6. The van der Waals surface area contributed by atoms with Crippen LogP contribution in [0.2, 0.25) is 5.02 Å². The number of amides is 2. The van der Waals surface area contributed by atoms with Crippen molar-refractivity contribution in [3.8, 4) is 0 Å². The molecule has 1 atom stereocenters. The Hall–Kier alpha value is -2.16. The van der Waals surface area contributed by atoms with Crippen LogP contribution in [0.5, 0.6) is 0 Å². The lowest BCUT2D eigenvalue weighted by molar-refractivity contribution is 0.170. The molecular formula is C16H16ClFN2O4S. The molecule has 0 spiro atoms. The average molecular weight is 387 g/mol. The molecule has 9 heteroatoms. The Morgan fingerprint density at radius 3 is 2.60 bits per heavy atom. The van der Waals surface area contributed by atoms with Crippen LogP contribution in [0.3, 0.4) is 0 Å². The number of benzene rings is 2. The first-order chi connectivity index (χ1) is 11.7. The number of aliphatic hydroxyl groups is 1. The summed E-state index contributed by atoms with van der Waals surface area (Å²) in [4.78, 5) is 11.9. The SMILES string of the molecule is CS(=O)(=O)c1ccc(Cl)c(NC(=O)NCC(O)c2ccccc2F)c1. The van der Waals surface area contributed by atoms with Crippen LogP contribution in [-0.4, -0.2) is 32.4 Å². The number of hydrogen-bond acceptors (Lipinski definition) is 4. The van der Waals surface area contributed by atoms with Crippen molar-refractivity contribution in [3.05, 3.63) is 58.9 Å². The van der Waals surface area contributed by atoms with Gasteiger partial charge in [-0.1, -0.05) is 29.8 Å². The Morgan fingerprint density at radius 1 is 1.28 bits per heavy atom. The number of carbonyl (C=O) groups is 1. The van der Waals surface area contributed by atoms with Crippen molar-refractivity contribution < 1.29 is 22.7 Å². The van der Waals surface area contributed by atoms with Gasteiger partial charge in [0.1, 0.15) is 5.82 Å². The number of halogens is 2. The summed E-state index contributed by atoms with van der Waals surface area (Å²) in [6.45, 7) is -0.240. The molecule has 3 N–H and O–H groups in total. The van der Waals surface area contributed by atoms with Gasteiger partial charge < -0.3 is 15.7 Å². The van der Waals surface area contributed by atoms with E-state index in [0.29, 0.717) is 0 Å². The minimum atomic E-state index is -3.46. The molecule has 0 saturated carbocycles. The van der Waals surface area contributed by atoms with Crippen molar-refractivity contribution in [1.82, 2.24) is 5.32 Å². The Labute approximate surface area is 149 Å². The molecule has 2 aromatic carbocycles. The lowest BCUT2D eigenvalue weighted by Crippen LogP contribution is -2.32. The third-order valence-electron chi connectivity index (χ3n) is 3.33. The molecule has 2 rings (SSSR count). The van der Waals surface area contributed by atoms with Gasteiger partial charge in [-0.25, -0.2) is 17.6 Å². The second-order valence-corrected chi connectivity index (χ2v) is 7.71. The fourth-order valence-electron chi connectivity index (χ4n) is 2.04. The van der Waals surface area contributed by atoms with Gasteiger partial charge in [-0.2, -0.15) is 0 Å². The molecule has 0 saturated heterocycles. The summed E-state index contributed by atoms with van der Waals surface area (Å²) in [6, 6.07) is 8.85. The topological polar surface area (TPSA) is 95.5 Å². The first-order valence-electron chi connectivity index (χ1n) is 7.15. The maximum atomic E-state index is 13.6. The molecule has 2 aromatic rings. The monoisotopic (exact) mass is 386 g/mol. The quantitative estimate of drug-likeness (QED) is 0.736. The summed E-state index contributed by atoms with van der Waals surface area (Å²) in [7, 11) is -3.46. The summed E-state index contributed by atoms with van der Waals surface area (Å²) in [6.07, 6.45) is -0.199. The maximum absolute atomic E-state index is 13.6. The Kier molecular flexibility index (Phi) is 5.99. The van der Waals surface area contributed by atoms with Crippen molar-refractivity contribution in [2.75, 3.05) is 18.1 Å². The van der Waals surface area contributed by atoms with E-state index in [1.807, 2.05) is 0 Å². The number of urea groups is 1. The van der Waals surface area contributed by atoms with Crippen LogP contribution in [0.1, 0.15) is 11.7 Å². The molecule has 0 heterocycles. The number of carbonyl (C=O) groups excluding carboxylic acids is 1. The molecule has 0 aliphatic carbocycles. The summed E-state index contributed by atoms with van der Waals surface area (Å²) in [5.41, 5.74) is 0.155. The number of rotatable bonds is 5. The van der Waals surface area contributed by atoms with Crippen LogP contribution in [-0.2, 0) is 9.84 Å². The van der Waals surface area contributed by atoms with Gasteiger partial charge in [0, 0.05) is 18.4 Å². The van der Waals surface area contributed by atoms with E-state index < -0.39 is 27.8 Å². The zero-order valence-electron chi connectivity index (χ0n) is 13.2. The molecule has 0 aliphatic rings. The second-order valence-electron chi connectivity index (χ2n) is 5.29. The van der Waals surface area contributed by atoms with E-state index in [0.717, 1.165) is 6.26 Å². The van der Waals surface area contributed by atoms with Gasteiger partial charge >= 0.3 is 6.03 Å². The van der Waals surface area contributed by atoms with Gasteiger partial charge in [0.05, 0.1) is 21.7 Å². The molecule has 0 aliphatic heterocycles. The zero-order valence-corrected chi connectivity index (χ0v) is 14.7. The predicted octanol–water partition coefficient (Wildman–Crippen LogP) is 2.74. The Balaban J connectivity index is 2.02. The number of anilines is 1. The van der Waals surface area contributed by atoms with Crippen molar-refractivity contribution >= 4 is 33.2 Å². The van der Waals surface area contributed by atoms with E-state index in [9.17, 15) is 22.7 Å². The highest BCUT2D eigenvalue weighted by atomic mass is 35.5. The van der Waals surface area contributed by atoms with Crippen LogP contribution >= 0.6 is 11.6 Å². The first kappa shape index (κ1) is 19.2. The van der Waals surface area contributed by atoms with Gasteiger partial charge in [0.15, 0.2) is 9.84 Å². The summed E-state index contributed by atoms with van der Waals surface area (Å²) in [5, 5.41) is 14.8. The van der Waals surface area contributed by atoms with Gasteiger partial charge in [-0.15, -0.1) is 0 Å². The standard InChI is InChI=1S/C16H16ClFN2O4S/c1-25(23,24)10-6-7-12(17)14(8-10)20-16(22)19-9-15(21)11-4-2-3-5-13(11)18/h2-8,15,21H,9H2,1H3,(H2,19,20,22). The molecular weight excluding hydrogens is 371 g/mol. The highest BCUT2D eigenvalue weighted by Crippen LogP contribution is 2.25. The molecule has 0 aromatic heterocycles. The normalized spacial score (nSPS) is 12.5. The van der Waals surface area contributed by atoms with E-state index in [4.69, 9.17) is 11.6 Å². The third-order valence-corrected chi connectivity index (χ3v) is 4.77. The van der Waals surface area contributed by atoms with E-state index in [1.165, 1.54) is 36.4 Å². The lowest BCUT2D eigenvalue weighted by Gasteiger charge is -2.14. The molecule has 2 amide bonds. The minimum Gasteiger partial charge on any atom is -0.386 e. The Bertz CT molecular complexity index is 889. The molecule has 0 fully saturated rings. The highest BCUT2D eigenvalue weighted by Gasteiger charge is 2.15. The van der Waals surface area contributed by atoms with Crippen molar-refractivity contribution in [2.45, 2.75) is 11.0 Å². The van der Waals surface area contributed by atoms with Crippen LogP contribution < -0.4 is 10.6 Å². The number of nitrogens with one attached hydrogen (secondary N) is 2. The summed E-state index contributed by atoms with van der Waals surface area (Å²) in [5.74, 6) is -0.582. The van der Waals surface area contributed by atoms with Crippen LogP contribution in [0.25, 0.3) is 0 Å². The maximum Gasteiger partial charge on any atom is 0.319 e. The molecule has 0 radical (unpaired) electrons. The second kappa shape index (κ2) is 7.81. The zero-order chi connectivity index (χ0) is 18.6. The smallest absolute Gasteiger partial charge is 0.319 e.